The van der Waals surface area contributed by atoms with E-state index in [1.807, 2.05) is 42.5 Å². The second kappa shape index (κ2) is 5.66. The van der Waals surface area contributed by atoms with Crippen molar-refractivity contribution in [3.05, 3.63) is 59.7 Å². The molecular formula is C17H17NO2. The molecule has 0 unspecified atom stereocenters. The Labute approximate surface area is 119 Å². The Morgan fingerprint density at radius 1 is 1.00 bits per heavy atom. The molecule has 1 N–H and O–H groups in total. The number of rotatable bonds is 4. The van der Waals surface area contributed by atoms with Crippen LogP contribution in [0.1, 0.15) is 25.0 Å². The van der Waals surface area contributed by atoms with Crippen LogP contribution < -0.4 is 4.74 Å². The molecular weight excluding hydrogens is 250 g/mol. The minimum Gasteiger partial charge on any atom is -0.508 e. The third-order valence-electron chi connectivity index (χ3n) is 3.47. The van der Waals surface area contributed by atoms with Crippen LogP contribution in [0.3, 0.4) is 0 Å². The van der Waals surface area contributed by atoms with E-state index in [4.69, 9.17) is 10.00 Å². The fourth-order valence-electron chi connectivity index (χ4n) is 2.13. The maximum absolute atomic E-state index is 9.37. The summed E-state index contributed by atoms with van der Waals surface area (Å²) in [6.07, 6.45) is 0. The van der Waals surface area contributed by atoms with E-state index in [-0.39, 0.29) is 17.8 Å². The van der Waals surface area contributed by atoms with E-state index in [2.05, 4.69) is 13.8 Å². The van der Waals surface area contributed by atoms with Gasteiger partial charge in [-0.25, -0.2) is 0 Å². The number of phenolic OH excluding ortho intramolecular Hbond substituents is 1. The number of ether oxygens (including phenoxy) is 1. The van der Waals surface area contributed by atoms with Crippen molar-refractivity contribution in [2.24, 2.45) is 0 Å². The summed E-state index contributed by atoms with van der Waals surface area (Å²) in [6, 6.07) is 16.9. The van der Waals surface area contributed by atoms with Crippen molar-refractivity contribution < 1.29 is 9.84 Å². The number of hydrogen-bond donors (Lipinski definition) is 1. The molecule has 102 valence electrons. The molecule has 0 aliphatic heterocycles. The third kappa shape index (κ3) is 2.92. The Kier molecular flexibility index (Phi) is 3.95. The van der Waals surface area contributed by atoms with Crippen molar-refractivity contribution in [2.45, 2.75) is 19.3 Å². The van der Waals surface area contributed by atoms with E-state index < -0.39 is 0 Å². The first-order valence-corrected chi connectivity index (χ1v) is 6.44. The molecule has 0 aromatic heterocycles. The summed E-state index contributed by atoms with van der Waals surface area (Å²) >= 11 is 0. The van der Waals surface area contributed by atoms with E-state index in [0.717, 1.165) is 11.1 Å². The number of hydrogen-bond acceptors (Lipinski definition) is 3. The highest BCUT2D eigenvalue weighted by molar-refractivity contribution is 5.41. The van der Waals surface area contributed by atoms with Gasteiger partial charge in [0, 0.05) is 5.41 Å². The first kappa shape index (κ1) is 14.0. The topological polar surface area (TPSA) is 53.2 Å². The van der Waals surface area contributed by atoms with Crippen LogP contribution in [0, 0.1) is 11.3 Å². The van der Waals surface area contributed by atoms with Gasteiger partial charge >= 0.3 is 0 Å². The molecule has 0 heterocycles. The zero-order valence-electron chi connectivity index (χ0n) is 11.6. The maximum Gasteiger partial charge on any atom is 0.174 e. The fourth-order valence-corrected chi connectivity index (χ4v) is 2.13. The highest BCUT2D eigenvalue weighted by Crippen LogP contribution is 2.33. The molecule has 0 amide bonds. The first-order chi connectivity index (χ1) is 9.54. The Balaban J connectivity index is 2.25. The van der Waals surface area contributed by atoms with Crippen molar-refractivity contribution in [1.29, 1.82) is 5.26 Å². The van der Waals surface area contributed by atoms with E-state index in [1.165, 1.54) is 0 Å². The zero-order valence-corrected chi connectivity index (χ0v) is 11.6. The molecule has 3 nitrogen and oxygen atoms in total. The lowest BCUT2D eigenvalue weighted by molar-refractivity contribution is 0.368. The van der Waals surface area contributed by atoms with Crippen molar-refractivity contribution in [3.8, 4) is 17.6 Å². The van der Waals surface area contributed by atoms with Gasteiger partial charge in [0.25, 0.3) is 0 Å². The maximum atomic E-state index is 9.37. The second-order valence-corrected chi connectivity index (χ2v) is 5.14. The highest BCUT2D eigenvalue weighted by atomic mass is 16.5. The summed E-state index contributed by atoms with van der Waals surface area (Å²) in [6.45, 7) is 4.32. The number of aromatic hydroxyl groups is 1. The molecule has 0 saturated carbocycles. The zero-order chi connectivity index (χ0) is 14.6. The summed E-state index contributed by atoms with van der Waals surface area (Å²) in [5.74, 6) is 0.960. The largest absolute Gasteiger partial charge is 0.508 e. The summed E-state index contributed by atoms with van der Waals surface area (Å²) in [4.78, 5) is 0. The third-order valence-corrected chi connectivity index (χ3v) is 3.47. The van der Waals surface area contributed by atoms with Gasteiger partial charge in [-0.3, -0.25) is 0 Å². The molecule has 2 aromatic rings. The normalized spacial score (nSPS) is 10.8. The van der Waals surface area contributed by atoms with Gasteiger partial charge in [-0.15, -0.1) is 0 Å². The summed E-state index contributed by atoms with van der Waals surface area (Å²) in [5, 5.41) is 17.9. The van der Waals surface area contributed by atoms with Crippen LogP contribution in [-0.2, 0) is 5.41 Å². The summed E-state index contributed by atoms with van der Waals surface area (Å²) in [5.41, 5.74) is 2.11. The molecule has 3 heteroatoms. The standard InChI is InChI=1S/C17H17NO2/c1-17(2,13-3-7-15(19)8-4-13)14-5-9-16(10-6-14)20-12-11-18/h3-10,19H,12H2,1-2H3. The van der Waals surface area contributed by atoms with Gasteiger partial charge in [-0.2, -0.15) is 5.26 Å². The number of phenols is 1. The van der Waals surface area contributed by atoms with Crippen molar-refractivity contribution >= 4 is 0 Å². The van der Waals surface area contributed by atoms with Gasteiger partial charge in [-0.05, 0) is 35.4 Å². The molecule has 0 radical (unpaired) electrons. The fraction of sp³-hybridized carbons (Fsp3) is 0.235. The molecule has 0 atom stereocenters. The summed E-state index contributed by atoms with van der Waals surface area (Å²) < 4.78 is 5.25. The van der Waals surface area contributed by atoms with Gasteiger partial charge in [0.2, 0.25) is 0 Å². The van der Waals surface area contributed by atoms with Crippen molar-refractivity contribution in [3.63, 3.8) is 0 Å². The SMILES string of the molecule is CC(C)(c1ccc(O)cc1)c1ccc(OCC#N)cc1. The molecule has 0 fully saturated rings. The van der Waals surface area contributed by atoms with Gasteiger partial charge in [-0.1, -0.05) is 38.1 Å². The number of benzene rings is 2. The number of nitrogens with zero attached hydrogens (tertiary/aromatic N) is 1. The number of nitriles is 1. The minimum absolute atomic E-state index is 0.0563. The van der Waals surface area contributed by atoms with E-state index in [0.29, 0.717) is 5.75 Å². The van der Waals surface area contributed by atoms with Crippen LogP contribution in [0.5, 0.6) is 11.5 Å². The Hall–Kier alpha value is -2.47. The molecule has 0 bridgehead atoms. The van der Waals surface area contributed by atoms with Crippen LogP contribution >= 0.6 is 0 Å². The highest BCUT2D eigenvalue weighted by Gasteiger charge is 2.22. The first-order valence-electron chi connectivity index (χ1n) is 6.44. The Morgan fingerprint density at radius 2 is 1.50 bits per heavy atom. The molecule has 0 aliphatic carbocycles. The van der Waals surface area contributed by atoms with Gasteiger partial charge in [0.05, 0.1) is 0 Å². The van der Waals surface area contributed by atoms with Crippen molar-refractivity contribution in [1.82, 2.24) is 0 Å². The monoisotopic (exact) mass is 267 g/mol. The summed E-state index contributed by atoms with van der Waals surface area (Å²) in [7, 11) is 0. The lowest BCUT2D eigenvalue weighted by atomic mass is 9.78. The molecule has 0 aliphatic rings. The molecule has 2 rings (SSSR count). The molecule has 0 spiro atoms. The van der Waals surface area contributed by atoms with Crippen molar-refractivity contribution in [2.75, 3.05) is 6.61 Å². The van der Waals surface area contributed by atoms with Gasteiger partial charge < -0.3 is 9.84 Å². The van der Waals surface area contributed by atoms with Crippen LogP contribution in [0.25, 0.3) is 0 Å². The predicted octanol–water partition coefficient (Wildman–Crippen LogP) is 3.62. The smallest absolute Gasteiger partial charge is 0.174 e. The van der Waals surface area contributed by atoms with Crippen LogP contribution in [-0.4, -0.2) is 11.7 Å². The lowest BCUT2D eigenvalue weighted by Crippen LogP contribution is -2.18. The minimum atomic E-state index is -0.165. The lowest BCUT2D eigenvalue weighted by Gasteiger charge is -2.26. The van der Waals surface area contributed by atoms with E-state index >= 15 is 0 Å². The quantitative estimate of drug-likeness (QED) is 0.920. The Morgan fingerprint density at radius 3 is 2.00 bits per heavy atom. The second-order valence-electron chi connectivity index (χ2n) is 5.14. The van der Waals surface area contributed by atoms with Gasteiger partial charge in [0.15, 0.2) is 6.61 Å². The van der Waals surface area contributed by atoms with Gasteiger partial charge in [0.1, 0.15) is 17.6 Å². The average molecular weight is 267 g/mol. The predicted molar refractivity (Wildman–Crippen MR) is 77.8 cm³/mol. The van der Waals surface area contributed by atoms with Crippen LogP contribution in [0.2, 0.25) is 0 Å². The molecule has 0 saturated heterocycles. The molecule has 2 aromatic carbocycles. The van der Waals surface area contributed by atoms with E-state index in [9.17, 15) is 5.11 Å². The van der Waals surface area contributed by atoms with E-state index in [1.54, 1.807) is 12.1 Å². The molecule has 20 heavy (non-hydrogen) atoms. The Bertz CT molecular complexity index is 607. The van der Waals surface area contributed by atoms with Crippen LogP contribution in [0.15, 0.2) is 48.5 Å². The average Bonchev–Trinajstić information content (AvgIpc) is 2.46. The van der Waals surface area contributed by atoms with Crippen LogP contribution in [0.4, 0.5) is 0 Å².